The van der Waals surface area contributed by atoms with Crippen molar-refractivity contribution in [1.29, 1.82) is 0 Å². The molecule has 0 spiro atoms. The van der Waals surface area contributed by atoms with Crippen LogP contribution in [0.4, 0.5) is 0 Å². The molecule has 0 radical (unpaired) electrons. The Balaban J connectivity index is 0. The summed E-state index contributed by atoms with van der Waals surface area (Å²) >= 11 is 0. The van der Waals surface area contributed by atoms with Crippen LogP contribution >= 0.6 is 0 Å². The first-order valence-corrected chi connectivity index (χ1v) is 5.26. The largest absolute Gasteiger partial charge is 0.358 e. The van der Waals surface area contributed by atoms with Crippen LogP contribution in [0.15, 0.2) is 0 Å². The maximum Gasteiger partial charge on any atom is 0.0716 e. The van der Waals surface area contributed by atoms with Crippen LogP contribution in [0.5, 0.6) is 0 Å². The van der Waals surface area contributed by atoms with E-state index >= 15 is 0 Å². The molecule has 2 nitrogen and oxygen atoms in total. The van der Waals surface area contributed by atoms with Gasteiger partial charge in [0.1, 0.15) is 0 Å². The monoisotopic (exact) mass is 136 g/mol. The molecule has 4 N–H and O–H groups in total. The first-order chi connectivity index (χ1) is 3.41. The van der Waals surface area contributed by atoms with E-state index in [1.165, 1.54) is 22.7 Å². The zero-order valence-electron chi connectivity index (χ0n) is 5.28. The Morgan fingerprint density at radius 2 is 1.71 bits per heavy atom. The van der Waals surface area contributed by atoms with E-state index in [4.69, 9.17) is 5.73 Å². The lowest BCUT2D eigenvalue weighted by Gasteiger charge is -1.80. The second-order valence-electron chi connectivity index (χ2n) is 1.14. The van der Waals surface area contributed by atoms with Crippen LogP contribution in [-0.4, -0.2) is 27.2 Å². The highest BCUT2D eigenvalue weighted by atomic mass is 28.2. The lowest BCUT2D eigenvalue weighted by molar-refractivity contribution is 0.930. The number of nitrogens with two attached hydrogens (primary N) is 2. The third-order valence-corrected chi connectivity index (χ3v) is 1.26. The van der Waals surface area contributed by atoms with Crippen molar-refractivity contribution in [2.75, 3.05) is 6.54 Å². The van der Waals surface area contributed by atoms with E-state index < -0.39 is 0 Å². The van der Waals surface area contributed by atoms with Gasteiger partial charge in [0, 0.05) is 10.2 Å². The minimum Gasteiger partial charge on any atom is -0.358 e. The summed E-state index contributed by atoms with van der Waals surface area (Å²) in [6, 6.07) is 1.36. The van der Waals surface area contributed by atoms with Crippen LogP contribution in [0.3, 0.4) is 0 Å². The minimum absolute atomic E-state index is 0.806. The Morgan fingerprint density at radius 1 is 1.29 bits per heavy atom. The molecule has 46 valence electrons. The summed E-state index contributed by atoms with van der Waals surface area (Å²) in [7, 11) is 2.12. The molecule has 0 atom stereocenters. The van der Waals surface area contributed by atoms with Crippen molar-refractivity contribution in [3.63, 3.8) is 0 Å². The van der Waals surface area contributed by atoms with Crippen molar-refractivity contribution in [3.8, 4) is 0 Å². The van der Waals surface area contributed by atoms with E-state index in [0.29, 0.717) is 0 Å². The topological polar surface area (TPSA) is 52.0 Å². The summed E-state index contributed by atoms with van der Waals surface area (Å²) in [5, 5.41) is 4.64. The zero-order chi connectivity index (χ0) is 6.12. The average Bonchev–Trinajstić information content (AvgIpc) is 1.75. The molecule has 0 heterocycles. The lowest BCUT2D eigenvalue weighted by atomic mass is 10.5. The van der Waals surface area contributed by atoms with Gasteiger partial charge in [-0.2, -0.15) is 0 Å². The quantitative estimate of drug-likeness (QED) is 0.407. The second-order valence-corrected chi connectivity index (χ2v) is 2.14. The van der Waals surface area contributed by atoms with Gasteiger partial charge in [0.2, 0.25) is 0 Å². The fraction of sp³-hybridized carbons (Fsp3) is 1.00. The van der Waals surface area contributed by atoms with Gasteiger partial charge in [0.15, 0.2) is 0 Å². The molecular formula is C3H16N2Si2. The molecule has 0 fully saturated rings. The molecule has 0 aromatic carbocycles. The van der Waals surface area contributed by atoms with Gasteiger partial charge in [0.25, 0.3) is 0 Å². The van der Waals surface area contributed by atoms with E-state index in [2.05, 4.69) is 5.40 Å². The maximum atomic E-state index is 5.16. The molecule has 0 unspecified atom stereocenters. The van der Waals surface area contributed by atoms with Crippen LogP contribution in [-0.2, 0) is 0 Å². The van der Waals surface area contributed by atoms with Gasteiger partial charge < -0.3 is 11.1 Å². The zero-order valence-corrected chi connectivity index (χ0v) is 9.28. The molecule has 0 rings (SSSR count). The second kappa shape index (κ2) is 16.2. The summed E-state index contributed by atoms with van der Waals surface area (Å²) in [5.74, 6) is 0. The van der Waals surface area contributed by atoms with Gasteiger partial charge in [-0.25, -0.2) is 0 Å². The van der Waals surface area contributed by atoms with Gasteiger partial charge >= 0.3 is 0 Å². The first kappa shape index (κ1) is 10.4. The highest BCUT2D eigenvalue weighted by Gasteiger charge is 1.68. The van der Waals surface area contributed by atoms with E-state index in [0.717, 1.165) is 16.9 Å². The molecule has 7 heavy (non-hydrogen) atoms. The van der Waals surface area contributed by atoms with Crippen LogP contribution < -0.4 is 11.1 Å². The van der Waals surface area contributed by atoms with Crippen molar-refractivity contribution in [3.05, 3.63) is 0 Å². The number of hydrogen-bond donors (Lipinski definition) is 2. The SMILES string of the molecule is NCCC[SiH3].N[SiH3]. The molecule has 0 bridgehead atoms. The molecule has 0 saturated heterocycles. The highest BCUT2D eigenvalue weighted by Crippen LogP contribution is 1.74. The maximum absolute atomic E-state index is 5.16. The van der Waals surface area contributed by atoms with Gasteiger partial charge in [0.05, 0.1) is 10.4 Å². The van der Waals surface area contributed by atoms with Crippen molar-refractivity contribution >= 4 is 20.6 Å². The third kappa shape index (κ3) is 21.7. The molecular weight excluding hydrogens is 120 g/mol. The van der Waals surface area contributed by atoms with E-state index in [1.807, 2.05) is 0 Å². The Kier molecular flexibility index (Phi) is 24.0. The number of rotatable bonds is 2. The molecule has 0 aromatic heterocycles. The van der Waals surface area contributed by atoms with Crippen LogP contribution in [0.2, 0.25) is 6.04 Å². The normalized spacial score (nSPS) is 7.71. The van der Waals surface area contributed by atoms with E-state index in [1.54, 1.807) is 0 Å². The van der Waals surface area contributed by atoms with Crippen LogP contribution in [0.1, 0.15) is 6.42 Å². The average molecular weight is 136 g/mol. The van der Waals surface area contributed by atoms with Gasteiger partial charge in [-0.1, -0.05) is 6.04 Å². The highest BCUT2D eigenvalue weighted by molar-refractivity contribution is 6.08. The lowest BCUT2D eigenvalue weighted by Crippen LogP contribution is -1.96. The molecule has 0 aromatic rings. The molecule has 0 saturated carbocycles. The van der Waals surface area contributed by atoms with Gasteiger partial charge in [-0.3, -0.25) is 0 Å². The molecule has 0 amide bonds. The van der Waals surface area contributed by atoms with Gasteiger partial charge in [-0.15, -0.1) is 0 Å². The fourth-order valence-electron chi connectivity index (χ4n) is 0.204. The van der Waals surface area contributed by atoms with E-state index in [-0.39, 0.29) is 0 Å². The van der Waals surface area contributed by atoms with Crippen LogP contribution in [0, 0.1) is 0 Å². The van der Waals surface area contributed by atoms with Crippen molar-refractivity contribution < 1.29 is 0 Å². The molecule has 0 aliphatic rings. The third-order valence-electron chi connectivity index (χ3n) is 0.558. The minimum atomic E-state index is 0.806. The summed E-state index contributed by atoms with van der Waals surface area (Å²) in [6.07, 6.45) is 1.23. The summed E-state index contributed by atoms with van der Waals surface area (Å²) in [5.41, 5.74) is 5.16. The Bertz CT molecular complexity index is 18.4. The van der Waals surface area contributed by atoms with Crippen molar-refractivity contribution in [2.24, 2.45) is 11.1 Å². The Labute approximate surface area is 51.6 Å². The predicted molar refractivity (Wildman–Crippen MR) is 42.5 cm³/mol. The molecule has 0 aliphatic carbocycles. The Hall–Kier alpha value is 0.354. The molecule has 0 aliphatic heterocycles. The number of hydrogen-bond acceptors (Lipinski definition) is 2. The predicted octanol–water partition coefficient (Wildman–Crippen LogP) is -2.66. The van der Waals surface area contributed by atoms with Gasteiger partial charge in [-0.05, 0) is 13.0 Å². The first-order valence-electron chi connectivity index (χ1n) is 2.69. The van der Waals surface area contributed by atoms with Crippen molar-refractivity contribution in [2.45, 2.75) is 12.5 Å². The standard InChI is InChI=1S/C3H11NSi.H5NSi/c4-2-1-3-5;1-2/h1-4H2,5H3;1H2,2H3. The fourth-order valence-corrected chi connectivity index (χ4v) is 0.612. The smallest absolute Gasteiger partial charge is 0.0716 e. The summed E-state index contributed by atoms with van der Waals surface area (Å²) < 4.78 is 0. The van der Waals surface area contributed by atoms with Crippen molar-refractivity contribution in [1.82, 2.24) is 0 Å². The summed E-state index contributed by atoms with van der Waals surface area (Å²) in [4.78, 5) is 0. The molecule has 4 heteroatoms. The van der Waals surface area contributed by atoms with E-state index in [9.17, 15) is 0 Å². The van der Waals surface area contributed by atoms with Crippen LogP contribution in [0.25, 0.3) is 0 Å². The Morgan fingerprint density at radius 3 is 1.71 bits per heavy atom. The summed E-state index contributed by atoms with van der Waals surface area (Å²) in [6.45, 7) is 0.878.